The lowest BCUT2D eigenvalue weighted by Gasteiger charge is -2.32. The van der Waals surface area contributed by atoms with E-state index < -0.39 is 5.92 Å². The largest absolute Gasteiger partial charge is 0.335 e. The first kappa shape index (κ1) is 10.3. The van der Waals surface area contributed by atoms with Crippen LogP contribution in [-0.4, -0.2) is 29.0 Å². The molecule has 1 aromatic heterocycles. The molecule has 1 aliphatic rings. The van der Waals surface area contributed by atoms with Gasteiger partial charge in [0.1, 0.15) is 0 Å². The molecule has 1 aliphatic heterocycles. The van der Waals surface area contributed by atoms with E-state index in [0.29, 0.717) is 18.9 Å². The highest BCUT2D eigenvalue weighted by Crippen LogP contribution is 2.28. The van der Waals surface area contributed by atoms with Gasteiger partial charge in [0.2, 0.25) is 5.95 Å². The maximum atomic E-state index is 13.1. The Morgan fingerprint density at radius 2 is 2.27 bits per heavy atom. The van der Waals surface area contributed by atoms with Crippen molar-refractivity contribution in [3.8, 4) is 0 Å². The van der Waals surface area contributed by atoms with Crippen LogP contribution in [0.25, 0.3) is 0 Å². The number of aromatic nitrogens is 2. The molecular weight excluding hydrogens is 200 g/mol. The smallest absolute Gasteiger partial charge is 0.265 e. The van der Waals surface area contributed by atoms with Crippen LogP contribution in [0.3, 0.4) is 0 Å². The van der Waals surface area contributed by atoms with Gasteiger partial charge >= 0.3 is 0 Å². The van der Waals surface area contributed by atoms with Gasteiger partial charge in [-0.2, -0.15) is 0 Å². The van der Waals surface area contributed by atoms with Gasteiger partial charge in [0.15, 0.2) is 0 Å². The summed E-state index contributed by atoms with van der Waals surface area (Å²) in [5.74, 6) is -2.19. The first-order valence-corrected chi connectivity index (χ1v) is 4.99. The van der Waals surface area contributed by atoms with Crippen LogP contribution in [0.4, 0.5) is 14.7 Å². The molecule has 15 heavy (non-hydrogen) atoms. The minimum Gasteiger partial charge on any atom is -0.335 e. The molecule has 0 aliphatic carbocycles. The second-order valence-electron chi connectivity index (χ2n) is 3.88. The van der Waals surface area contributed by atoms with E-state index >= 15 is 0 Å². The van der Waals surface area contributed by atoms with Crippen molar-refractivity contribution < 1.29 is 8.78 Å². The number of anilines is 1. The highest BCUT2D eigenvalue weighted by molar-refractivity contribution is 5.31. The van der Waals surface area contributed by atoms with E-state index in [-0.39, 0.29) is 13.0 Å². The normalized spacial score (nSPS) is 20.3. The Labute approximate surface area is 87.1 Å². The molecule has 0 atom stereocenters. The minimum atomic E-state index is -2.61. The van der Waals surface area contributed by atoms with Crippen LogP contribution in [0.2, 0.25) is 0 Å². The van der Waals surface area contributed by atoms with Crippen molar-refractivity contribution in [3.05, 3.63) is 18.0 Å². The lowest BCUT2D eigenvalue weighted by Crippen LogP contribution is -2.43. The molecule has 0 N–H and O–H groups in total. The van der Waals surface area contributed by atoms with Crippen LogP contribution < -0.4 is 4.90 Å². The third-order valence-corrected chi connectivity index (χ3v) is 2.46. The number of halogens is 2. The van der Waals surface area contributed by atoms with E-state index in [1.807, 2.05) is 6.92 Å². The molecule has 3 nitrogen and oxygen atoms in total. The van der Waals surface area contributed by atoms with Crippen molar-refractivity contribution >= 4 is 5.95 Å². The standard InChI is InChI=1S/C10H13F2N3/c1-8-3-5-13-9(14-8)15-6-2-4-10(11,12)7-15/h3,5H,2,4,6-7H2,1H3. The molecule has 5 heteroatoms. The van der Waals surface area contributed by atoms with Crippen LogP contribution in [0.15, 0.2) is 12.3 Å². The molecule has 0 amide bonds. The molecule has 82 valence electrons. The predicted molar refractivity (Wildman–Crippen MR) is 53.2 cm³/mol. The zero-order valence-corrected chi connectivity index (χ0v) is 8.58. The molecule has 2 rings (SSSR count). The fraction of sp³-hybridized carbons (Fsp3) is 0.600. The number of alkyl halides is 2. The lowest BCUT2D eigenvalue weighted by atomic mass is 10.1. The number of nitrogens with zero attached hydrogens (tertiary/aromatic N) is 3. The molecular formula is C10H13F2N3. The summed E-state index contributed by atoms with van der Waals surface area (Å²) in [6.45, 7) is 2.17. The molecule has 1 aromatic rings. The Bertz CT molecular complexity index is 354. The van der Waals surface area contributed by atoms with Crippen LogP contribution >= 0.6 is 0 Å². The highest BCUT2D eigenvalue weighted by Gasteiger charge is 2.36. The minimum absolute atomic E-state index is 0.0324. The lowest BCUT2D eigenvalue weighted by molar-refractivity contribution is -0.0120. The van der Waals surface area contributed by atoms with Crippen molar-refractivity contribution in [2.75, 3.05) is 18.0 Å². The Balaban J connectivity index is 2.17. The van der Waals surface area contributed by atoms with Gasteiger partial charge in [-0.1, -0.05) is 0 Å². The van der Waals surface area contributed by atoms with Crippen molar-refractivity contribution in [1.29, 1.82) is 0 Å². The quantitative estimate of drug-likeness (QED) is 0.714. The van der Waals surface area contributed by atoms with Crippen molar-refractivity contribution in [2.24, 2.45) is 0 Å². The third-order valence-electron chi connectivity index (χ3n) is 2.46. The van der Waals surface area contributed by atoms with Gasteiger partial charge in [-0.3, -0.25) is 0 Å². The maximum absolute atomic E-state index is 13.1. The molecule has 0 saturated carbocycles. The first-order chi connectivity index (χ1) is 7.07. The second-order valence-corrected chi connectivity index (χ2v) is 3.88. The fourth-order valence-corrected chi connectivity index (χ4v) is 1.72. The monoisotopic (exact) mass is 213 g/mol. The van der Waals surface area contributed by atoms with E-state index in [0.717, 1.165) is 5.69 Å². The third kappa shape index (κ3) is 2.40. The van der Waals surface area contributed by atoms with Crippen molar-refractivity contribution in [1.82, 2.24) is 9.97 Å². The van der Waals surface area contributed by atoms with Crippen molar-refractivity contribution in [3.63, 3.8) is 0 Å². The Hall–Kier alpha value is -1.26. The van der Waals surface area contributed by atoms with Crippen molar-refractivity contribution in [2.45, 2.75) is 25.7 Å². The second kappa shape index (κ2) is 3.72. The number of aryl methyl sites for hydroxylation is 1. The number of hydrogen-bond acceptors (Lipinski definition) is 3. The number of hydrogen-bond donors (Lipinski definition) is 0. The average Bonchev–Trinajstić information content (AvgIpc) is 2.16. The number of rotatable bonds is 1. The van der Waals surface area contributed by atoms with Gasteiger partial charge in [0, 0.05) is 24.9 Å². The summed E-state index contributed by atoms with van der Waals surface area (Å²) >= 11 is 0. The van der Waals surface area contributed by atoms with Gasteiger partial charge < -0.3 is 4.90 Å². The summed E-state index contributed by atoms with van der Waals surface area (Å²) in [7, 11) is 0. The SMILES string of the molecule is Cc1ccnc(N2CCCC(F)(F)C2)n1. The summed E-state index contributed by atoms with van der Waals surface area (Å²) in [5.41, 5.74) is 0.800. The zero-order chi connectivity index (χ0) is 10.9. The van der Waals surface area contributed by atoms with Gasteiger partial charge in [-0.25, -0.2) is 18.7 Å². The van der Waals surface area contributed by atoms with Crippen LogP contribution in [0.1, 0.15) is 18.5 Å². The molecule has 0 aromatic carbocycles. The van der Waals surface area contributed by atoms with Gasteiger partial charge in [-0.15, -0.1) is 0 Å². The molecule has 0 unspecified atom stereocenters. The summed E-state index contributed by atoms with van der Waals surface area (Å²) < 4.78 is 26.3. The van der Waals surface area contributed by atoms with Crippen LogP contribution in [0, 0.1) is 6.92 Å². The van der Waals surface area contributed by atoms with E-state index in [1.54, 1.807) is 17.2 Å². The first-order valence-electron chi connectivity index (χ1n) is 4.99. The van der Waals surface area contributed by atoms with E-state index in [1.165, 1.54) is 0 Å². The predicted octanol–water partition coefficient (Wildman–Crippen LogP) is 2.02. The molecule has 0 bridgehead atoms. The molecule has 2 heterocycles. The highest BCUT2D eigenvalue weighted by atomic mass is 19.3. The molecule has 1 fully saturated rings. The topological polar surface area (TPSA) is 29.0 Å². The molecule has 0 radical (unpaired) electrons. The summed E-state index contributed by atoms with van der Waals surface area (Å²) in [6, 6.07) is 1.76. The summed E-state index contributed by atoms with van der Waals surface area (Å²) in [4.78, 5) is 9.71. The molecule has 1 saturated heterocycles. The average molecular weight is 213 g/mol. The Kier molecular flexibility index (Phi) is 2.54. The van der Waals surface area contributed by atoms with Gasteiger partial charge in [0.05, 0.1) is 6.54 Å². The van der Waals surface area contributed by atoms with Crippen LogP contribution in [-0.2, 0) is 0 Å². The van der Waals surface area contributed by atoms with E-state index in [9.17, 15) is 8.78 Å². The van der Waals surface area contributed by atoms with E-state index in [2.05, 4.69) is 9.97 Å². The molecule has 0 spiro atoms. The summed E-state index contributed by atoms with van der Waals surface area (Å²) in [6.07, 6.45) is 2.06. The summed E-state index contributed by atoms with van der Waals surface area (Å²) in [5, 5.41) is 0. The maximum Gasteiger partial charge on any atom is 0.265 e. The Morgan fingerprint density at radius 1 is 1.47 bits per heavy atom. The van der Waals surface area contributed by atoms with Gasteiger partial charge in [-0.05, 0) is 19.4 Å². The van der Waals surface area contributed by atoms with E-state index in [4.69, 9.17) is 0 Å². The van der Waals surface area contributed by atoms with Crippen LogP contribution in [0.5, 0.6) is 0 Å². The fourth-order valence-electron chi connectivity index (χ4n) is 1.72. The number of piperidine rings is 1. The van der Waals surface area contributed by atoms with Gasteiger partial charge in [0.25, 0.3) is 5.92 Å². The Morgan fingerprint density at radius 3 is 2.93 bits per heavy atom. The zero-order valence-electron chi connectivity index (χ0n) is 8.58.